The van der Waals surface area contributed by atoms with Gasteiger partial charge >= 0.3 is 5.97 Å². The molecule has 0 N–H and O–H groups in total. The summed E-state index contributed by atoms with van der Waals surface area (Å²) in [7, 11) is 0. The van der Waals surface area contributed by atoms with Crippen LogP contribution in [0.5, 0.6) is 0 Å². The van der Waals surface area contributed by atoms with Crippen molar-refractivity contribution in [2.24, 2.45) is 0 Å². The molecule has 0 heterocycles. The summed E-state index contributed by atoms with van der Waals surface area (Å²) in [5.74, 6) is -0.270. The number of carbonyl (C=O) groups excluding carboxylic acids is 1. The lowest BCUT2D eigenvalue weighted by Crippen LogP contribution is -2.45. The van der Waals surface area contributed by atoms with Crippen LogP contribution in [0.2, 0.25) is 0 Å². The second-order valence-corrected chi connectivity index (χ2v) is 4.31. The first kappa shape index (κ1) is 17.4. The fourth-order valence-electron chi connectivity index (χ4n) is 2.31. The molecule has 0 aromatic rings. The van der Waals surface area contributed by atoms with Gasteiger partial charge in [-0.1, -0.05) is 20.8 Å². The van der Waals surface area contributed by atoms with Gasteiger partial charge in [0.25, 0.3) is 0 Å². The summed E-state index contributed by atoms with van der Waals surface area (Å²) in [5.41, 5.74) is -0.222. The lowest BCUT2D eigenvalue weighted by atomic mass is 9.88. The number of carbonyl (C=O) groups is 1. The van der Waals surface area contributed by atoms with Gasteiger partial charge in [0.15, 0.2) is 0 Å². The predicted molar refractivity (Wildman–Crippen MR) is 71.6 cm³/mol. The van der Waals surface area contributed by atoms with Gasteiger partial charge < -0.3 is 14.2 Å². The Morgan fingerprint density at radius 1 is 1.11 bits per heavy atom. The van der Waals surface area contributed by atoms with Crippen LogP contribution < -0.4 is 0 Å². The molecule has 0 spiro atoms. The number of esters is 1. The first-order chi connectivity index (χ1) is 8.56. The molecule has 0 amide bonds. The van der Waals surface area contributed by atoms with E-state index in [0.29, 0.717) is 19.8 Å². The Labute approximate surface area is 111 Å². The third-order valence-electron chi connectivity index (χ3n) is 3.29. The van der Waals surface area contributed by atoms with Crippen molar-refractivity contribution in [2.45, 2.75) is 65.6 Å². The van der Waals surface area contributed by atoms with Crippen molar-refractivity contribution < 1.29 is 19.0 Å². The molecule has 0 rings (SSSR count). The first-order valence-corrected chi connectivity index (χ1v) is 6.95. The van der Waals surface area contributed by atoms with Gasteiger partial charge in [0.05, 0.1) is 18.3 Å². The van der Waals surface area contributed by atoms with Crippen LogP contribution in [0.1, 0.15) is 53.9 Å². The quantitative estimate of drug-likeness (QED) is 0.447. The Balaban J connectivity index is 4.37. The molecule has 0 aliphatic heterocycles. The molecule has 0 saturated heterocycles. The summed E-state index contributed by atoms with van der Waals surface area (Å²) < 4.78 is 16.6. The molecule has 1 atom stereocenters. The van der Waals surface area contributed by atoms with E-state index in [0.717, 1.165) is 19.3 Å². The Morgan fingerprint density at radius 2 is 1.72 bits per heavy atom. The second-order valence-electron chi connectivity index (χ2n) is 4.31. The van der Waals surface area contributed by atoms with Crippen LogP contribution in [0.25, 0.3) is 0 Å². The van der Waals surface area contributed by atoms with Crippen molar-refractivity contribution in [3.8, 4) is 0 Å². The molecule has 0 fully saturated rings. The number of hydrogen-bond acceptors (Lipinski definition) is 4. The molecule has 0 aromatic heterocycles. The lowest BCUT2D eigenvalue weighted by Gasteiger charge is -2.38. The summed E-state index contributed by atoms with van der Waals surface area (Å²) in [6.45, 7) is 11.2. The van der Waals surface area contributed by atoms with Crippen LogP contribution in [0.4, 0.5) is 0 Å². The number of ether oxygens (including phenoxy) is 3. The van der Waals surface area contributed by atoms with E-state index in [2.05, 4.69) is 20.8 Å². The van der Waals surface area contributed by atoms with Crippen LogP contribution >= 0.6 is 0 Å². The van der Waals surface area contributed by atoms with Crippen LogP contribution in [0.15, 0.2) is 0 Å². The van der Waals surface area contributed by atoms with Gasteiger partial charge in [0, 0.05) is 13.5 Å². The standard InChI is InChI=1S/C14H28O4/c1-6-13(17-11-10-16-12(5)15)14(7-2,8-3)18-9-4/h13H,6-11H2,1-5H3. The third-order valence-corrected chi connectivity index (χ3v) is 3.29. The van der Waals surface area contributed by atoms with Gasteiger partial charge in [-0.2, -0.15) is 0 Å². The highest BCUT2D eigenvalue weighted by Crippen LogP contribution is 2.29. The average molecular weight is 260 g/mol. The molecular weight excluding hydrogens is 232 g/mol. The smallest absolute Gasteiger partial charge is 0.302 e. The van der Waals surface area contributed by atoms with E-state index in [9.17, 15) is 4.79 Å². The molecule has 18 heavy (non-hydrogen) atoms. The molecular formula is C14H28O4. The number of rotatable bonds is 10. The Kier molecular flexibility index (Phi) is 9.02. The van der Waals surface area contributed by atoms with Gasteiger partial charge in [-0.05, 0) is 26.2 Å². The second kappa shape index (κ2) is 9.34. The molecule has 0 aliphatic rings. The molecule has 1 unspecified atom stereocenters. The van der Waals surface area contributed by atoms with Crippen molar-refractivity contribution in [2.75, 3.05) is 19.8 Å². The summed E-state index contributed by atoms with van der Waals surface area (Å²) in [6, 6.07) is 0. The van der Waals surface area contributed by atoms with E-state index in [1.807, 2.05) is 6.92 Å². The van der Waals surface area contributed by atoms with Gasteiger partial charge in [-0.25, -0.2) is 0 Å². The molecule has 0 bridgehead atoms. The highest BCUT2D eigenvalue weighted by molar-refractivity contribution is 5.65. The van der Waals surface area contributed by atoms with Gasteiger partial charge in [-0.15, -0.1) is 0 Å². The predicted octanol–water partition coefficient (Wildman–Crippen LogP) is 2.94. The van der Waals surface area contributed by atoms with E-state index < -0.39 is 0 Å². The van der Waals surface area contributed by atoms with E-state index in [1.54, 1.807) is 0 Å². The van der Waals surface area contributed by atoms with E-state index in [-0.39, 0.29) is 17.7 Å². The molecule has 4 nitrogen and oxygen atoms in total. The highest BCUT2D eigenvalue weighted by atomic mass is 16.6. The molecule has 0 aromatic carbocycles. The van der Waals surface area contributed by atoms with Gasteiger partial charge in [-0.3, -0.25) is 4.79 Å². The van der Waals surface area contributed by atoms with E-state index in [4.69, 9.17) is 14.2 Å². The zero-order chi connectivity index (χ0) is 14.0. The normalized spacial score (nSPS) is 13.4. The third kappa shape index (κ3) is 5.36. The average Bonchev–Trinajstić information content (AvgIpc) is 2.36. The van der Waals surface area contributed by atoms with Crippen molar-refractivity contribution >= 4 is 5.97 Å². The zero-order valence-electron chi connectivity index (χ0n) is 12.5. The SMILES string of the molecule is CCOC(CC)(CC)C(CC)OCCOC(C)=O. The summed E-state index contributed by atoms with van der Waals surface area (Å²) in [6.07, 6.45) is 2.78. The van der Waals surface area contributed by atoms with Gasteiger partial charge in [0.1, 0.15) is 6.61 Å². The number of hydrogen-bond donors (Lipinski definition) is 0. The van der Waals surface area contributed by atoms with Crippen LogP contribution in [-0.2, 0) is 19.0 Å². The van der Waals surface area contributed by atoms with Crippen molar-refractivity contribution in [3.05, 3.63) is 0 Å². The minimum Gasteiger partial charge on any atom is -0.463 e. The Hall–Kier alpha value is -0.610. The monoisotopic (exact) mass is 260 g/mol. The maximum atomic E-state index is 10.7. The van der Waals surface area contributed by atoms with Crippen LogP contribution in [0.3, 0.4) is 0 Å². The Bertz CT molecular complexity index is 224. The first-order valence-electron chi connectivity index (χ1n) is 6.95. The van der Waals surface area contributed by atoms with E-state index >= 15 is 0 Å². The minimum atomic E-state index is -0.270. The van der Waals surface area contributed by atoms with Crippen molar-refractivity contribution in [1.82, 2.24) is 0 Å². The largest absolute Gasteiger partial charge is 0.463 e. The fraction of sp³-hybridized carbons (Fsp3) is 0.929. The molecule has 4 heteroatoms. The Morgan fingerprint density at radius 3 is 2.11 bits per heavy atom. The van der Waals surface area contributed by atoms with Crippen LogP contribution in [-0.4, -0.2) is 37.5 Å². The summed E-state index contributed by atoms with van der Waals surface area (Å²) in [5, 5.41) is 0. The molecule has 0 saturated carbocycles. The highest BCUT2D eigenvalue weighted by Gasteiger charge is 2.36. The molecule has 0 aliphatic carbocycles. The summed E-state index contributed by atoms with van der Waals surface area (Å²) >= 11 is 0. The van der Waals surface area contributed by atoms with Crippen molar-refractivity contribution in [1.29, 1.82) is 0 Å². The maximum absolute atomic E-state index is 10.7. The molecule has 0 radical (unpaired) electrons. The van der Waals surface area contributed by atoms with Crippen LogP contribution in [0, 0.1) is 0 Å². The van der Waals surface area contributed by atoms with Gasteiger partial charge in [0.2, 0.25) is 0 Å². The minimum absolute atomic E-state index is 0.0445. The van der Waals surface area contributed by atoms with Crippen molar-refractivity contribution in [3.63, 3.8) is 0 Å². The van der Waals surface area contributed by atoms with E-state index in [1.165, 1.54) is 6.92 Å². The topological polar surface area (TPSA) is 44.8 Å². The lowest BCUT2D eigenvalue weighted by molar-refractivity contribution is -0.160. The fourth-order valence-corrected chi connectivity index (χ4v) is 2.31. The summed E-state index contributed by atoms with van der Waals surface area (Å²) in [4.78, 5) is 10.7. The zero-order valence-corrected chi connectivity index (χ0v) is 12.5. The maximum Gasteiger partial charge on any atom is 0.302 e. The molecule has 108 valence electrons.